The van der Waals surface area contributed by atoms with Gasteiger partial charge < -0.3 is 19.7 Å². The number of pyridine rings is 1. The quantitative estimate of drug-likeness (QED) is 0.533. The van der Waals surface area contributed by atoms with Crippen molar-refractivity contribution >= 4 is 23.4 Å². The number of nitrogens with zero attached hydrogens (tertiary/aromatic N) is 6. The molecule has 0 unspecified atom stereocenters. The normalized spacial score (nSPS) is 20.1. The third kappa shape index (κ3) is 6.47. The Morgan fingerprint density at radius 3 is 3.00 bits per heavy atom. The molecule has 200 valence electrons. The number of likely N-dealkylation sites (tertiary alicyclic amines) is 1. The lowest BCUT2D eigenvalue weighted by Gasteiger charge is -2.21. The molecule has 1 aromatic carbocycles. The lowest BCUT2D eigenvalue weighted by atomic mass is 10.1. The molecule has 2 amide bonds. The van der Waals surface area contributed by atoms with Crippen LogP contribution < -0.4 is 10.1 Å². The minimum Gasteiger partial charge on any atom is -0.492 e. The first kappa shape index (κ1) is 26.1. The fraction of sp³-hybridized carbons (Fsp3) is 0.423. The van der Waals surface area contributed by atoms with Crippen LogP contribution in [0.1, 0.15) is 28.2 Å². The summed E-state index contributed by atoms with van der Waals surface area (Å²) in [6, 6.07) is 10.2. The van der Waals surface area contributed by atoms with E-state index < -0.39 is 12.1 Å². The number of benzene rings is 1. The van der Waals surface area contributed by atoms with Crippen LogP contribution in [-0.2, 0) is 29.2 Å². The third-order valence-corrected chi connectivity index (χ3v) is 6.82. The average Bonchev–Trinajstić information content (AvgIpc) is 3.53. The largest absolute Gasteiger partial charge is 0.492 e. The zero-order valence-corrected chi connectivity index (χ0v) is 21.9. The molecule has 2 aliphatic rings. The number of halogens is 1. The molecule has 5 rings (SSSR count). The summed E-state index contributed by atoms with van der Waals surface area (Å²) in [7, 11) is 1.88. The van der Waals surface area contributed by atoms with E-state index in [0.29, 0.717) is 61.2 Å². The van der Waals surface area contributed by atoms with E-state index in [-0.39, 0.29) is 25.0 Å². The maximum atomic E-state index is 13.2. The zero-order chi connectivity index (χ0) is 26.5. The molecule has 0 aliphatic carbocycles. The minimum absolute atomic E-state index is 0.0483. The van der Waals surface area contributed by atoms with Crippen molar-refractivity contribution in [2.24, 2.45) is 0 Å². The van der Waals surface area contributed by atoms with E-state index in [1.54, 1.807) is 34.0 Å². The van der Waals surface area contributed by atoms with Gasteiger partial charge in [0.1, 0.15) is 11.4 Å². The standard InChI is InChI=1S/C26H30ClN7O4/c1-32(12-19-5-2-3-8-28-19)16-25(35)33-14-22-24(15-33)38-17-20-13-34(31-30-20)9-4-10-37-23-11-18(26(36)29-22)6-7-21(23)27/h2-3,5-8,11,13,22,24H,4,9-10,12,14-17H2,1H3,(H,29,36)/t22-,24-/m0/s1. The van der Waals surface area contributed by atoms with E-state index in [2.05, 4.69) is 20.6 Å². The van der Waals surface area contributed by atoms with Crippen LogP contribution in [0.4, 0.5) is 0 Å². The van der Waals surface area contributed by atoms with Gasteiger partial charge in [-0.05, 0) is 37.4 Å². The highest BCUT2D eigenvalue weighted by Gasteiger charge is 2.37. The smallest absolute Gasteiger partial charge is 0.251 e. The van der Waals surface area contributed by atoms with Crippen LogP contribution in [0.5, 0.6) is 5.75 Å². The minimum atomic E-state index is -0.412. The molecule has 2 aromatic heterocycles. The Balaban J connectivity index is 1.30. The molecule has 2 aliphatic heterocycles. The van der Waals surface area contributed by atoms with Crippen molar-refractivity contribution in [3.05, 3.63) is 70.8 Å². The lowest BCUT2D eigenvalue weighted by Crippen LogP contribution is -2.44. The highest BCUT2D eigenvalue weighted by molar-refractivity contribution is 6.32. The average molecular weight is 540 g/mol. The molecular weight excluding hydrogens is 510 g/mol. The number of hydrogen-bond acceptors (Lipinski definition) is 8. The van der Waals surface area contributed by atoms with Gasteiger partial charge in [0.25, 0.3) is 5.91 Å². The van der Waals surface area contributed by atoms with Crippen LogP contribution in [0.3, 0.4) is 0 Å². The van der Waals surface area contributed by atoms with Gasteiger partial charge in [0, 0.05) is 44.4 Å². The molecule has 38 heavy (non-hydrogen) atoms. The van der Waals surface area contributed by atoms with Gasteiger partial charge in [-0.25, -0.2) is 0 Å². The molecular formula is C26H30ClN7O4. The summed E-state index contributed by atoms with van der Waals surface area (Å²) in [6.45, 7) is 2.70. The van der Waals surface area contributed by atoms with Gasteiger partial charge in [0.2, 0.25) is 5.91 Å². The molecule has 11 nitrogen and oxygen atoms in total. The highest BCUT2D eigenvalue weighted by Crippen LogP contribution is 2.26. The third-order valence-electron chi connectivity index (χ3n) is 6.51. The van der Waals surface area contributed by atoms with Gasteiger partial charge in [0.05, 0.1) is 48.8 Å². The fourth-order valence-electron chi connectivity index (χ4n) is 4.56. The Morgan fingerprint density at radius 1 is 1.26 bits per heavy atom. The van der Waals surface area contributed by atoms with Crippen molar-refractivity contribution in [3.63, 3.8) is 0 Å². The number of nitrogens with one attached hydrogen (secondary N) is 1. The van der Waals surface area contributed by atoms with E-state index in [4.69, 9.17) is 21.1 Å². The van der Waals surface area contributed by atoms with Crippen molar-refractivity contribution in [3.8, 4) is 5.75 Å². The molecule has 2 atom stereocenters. The van der Waals surface area contributed by atoms with Gasteiger partial charge in [-0.2, -0.15) is 0 Å². The molecule has 4 heterocycles. The Labute approximate surface area is 225 Å². The monoisotopic (exact) mass is 539 g/mol. The number of aryl methyl sites for hydroxylation is 1. The number of aromatic nitrogens is 4. The van der Waals surface area contributed by atoms with Crippen LogP contribution in [0, 0.1) is 0 Å². The molecule has 1 fully saturated rings. The summed E-state index contributed by atoms with van der Waals surface area (Å²) in [4.78, 5) is 34.3. The first-order chi connectivity index (χ1) is 18.4. The van der Waals surface area contributed by atoms with Crippen molar-refractivity contribution in [2.45, 2.75) is 38.3 Å². The molecule has 12 heteroatoms. The van der Waals surface area contributed by atoms with Crippen LogP contribution in [-0.4, -0.2) is 87.0 Å². The second-order valence-electron chi connectivity index (χ2n) is 9.54. The van der Waals surface area contributed by atoms with Gasteiger partial charge in [0.15, 0.2) is 0 Å². The zero-order valence-electron chi connectivity index (χ0n) is 21.1. The van der Waals surface area contributed by atoms with Crippen molar-refractivity contribution in [1.82, 2.24) is 35.1 Å². The first-order valence-electron chi connectivity index (χ1n) is 12.5. The van der Waals surface area contributed by atoms with Crippen molar-refractivity contribution < 1.29 is 19.1 Å². The fourth-order valence-corrected chi connectivity index (χ4v) is 4.73. The molecule has 1 saturated heterocycles. The number of fused-ring (bicyclic) bond motifs is 5. The topological polar surface area (TPSA) is 115 Å². The van der Waals surface area contributed by atoms with E-state index in [1.165, 1.54) is 0 Å². The number of rotatable bonds is 4. The number of likely N-dealkylation sites (N-methyl/N-ethyl adjacent to an activating group) is 1. The molecule has 0 saturated carbocycles. The van der Waals surface area contributed by atoms with Crippen LogP contribution in [0.2, 0.25) is 5.02 Å². The second-order valence-corrected chi connectivity index (χ2v) is 9.95. The Morgan fingerprint density at radius 2 is 2.16 bits per heavy atom. The predicted molar refractivity (Wildman–Crippen MR) is 139 cm³/mol. The molecule has 3 aromatic rings. The van der Waals surface area contributed by atoms with E-state index in [9.17, 15) is 9.59 Å². The molecule has 0 spiro atoms. The Hall–Kier alpha value is -3.54. The predicted octanol–water partition coefficient (Wildman–Crippen LogP) is 1.77. The van der Waals surface area contributed by atoms with E-state index in [0.717, 1.165) is 5.69 Å². The number of ether oxygens (including phenoxy) is 2. The van der Waals surface area contributed by atoms with Gasteiger partial charge in [-0.3, -0.25) is 24.2 Å². The van der Waals surface area contributed by atoms with E-state index in [1.807, 2.05) is 36.3 Å². The SMILES string of the molecule is CN(CC(=O)N1C[C@@H]2NC(=O)c3ccc(Cl)c(c3)OCCCn3cc(nn3)CO[C@H]2C1)Cc1ccccn1. The number of carbonyl (C=O) groups is 2. The summed E-state index contributed by atoms with van der Waals surface area (Å²) in [5.74, 6) is 0.107. The summed E-state index contributed by atoms with van der Waals surface area (Å²) < 4.78 is 13.7. The molecule has 4 bridgehead atoms. The lowest BCUT2D eigenvalue weighted by molar-refractivity contribution is -0.131. The van der Waals surface area contributed by atoms with Gasteiger partial charge >= 0.3 is 0 Å². The summed E-state index contributed by atoms with van der Waals surface area (Å²) in [5.41, 5.74) is 1.99. The van der Waals surface area contributed by atoms with Crippen LogP contribution >= 0.6 is 11.6 Å². The van der Waals surface area contributed by atoms with E-state index >= 15 is 0 Å². The second kappa shape index (κ2) is 11.9. The van der Waals surface area contributed by atoms with Gasteiger partial charge in [-0.15, -0.1) is 5.10 Å². The summed E-state index contributed by atoms with van der Waals surface area (Å²) >= 11 is 6.29. The maximum Gasteiger partial charge on any atom is 0.251 e. The highest BCUT2D eigenvalue weighted by atomic mass is 35.5. The Bertz CT molecular complexity index is 1270. The Kier molecular flexibility index (Phi) is 8.16. The number of hydrogen-bond donors (Lipinski definition) is 1. The van der Waals surface area contributed by atoms with Gasteiger partial charge in [-0.1, -0.05) is 22.9 Å². The van der Waals surface area contributed by atoms with Crippen LogP contribution in [0.15, 0.2) is 48.8 Å². The van der Waals surface area contributed by atoms with Crippen molar-refractivity contribution in [2.75, 3.05) is 33.3 Å². The number of carbonyl (C=O) groups excluding carboxylic acids is 2. The number of amides is 2. The molecule has 1 N–H and O–H groups in total. The van der Waals surface area contributed by atoms with Crippen LogP contribution in [0.25, 0.3) is 0 Å². The summed E-state index contributed by atoms with van der Waals surface area (Å²) in [6.07, 6.45) is 3.84. The molecule has 0 radical (unpaired) electrons. The maximum absolute atomic E-state index is 13.2. The first-order valence-corrected chi connectivity index (χ1v) is 12.9. The summed E-state index contributed by atoms with van der Waals surface area (Å²) in [5, 5.41) is 11.8. The van der Waals surface area contributed by atoms with Crippen molar-refractivity contribution in [1.29, 1.82) is 0 Å².